The molecule has 2 N–H and O–H groups in total. The number of nitrogens with one attached hydrogen (secondary N) is 2. The Morgan fingerprint density at radius 2 is 1.61 bits per heavy atom. The van der Waals surface area contributed by atoms with E-state index in [-0.39, 0.29) is 42.2 Å². The van der Waals surface area contributed by atoms with Crippen molar-refractivity contribution in [2.24, 2.45) is 5.92 Å². The van der Waals surface area contributed by atoms with Crippen LogP contribution in [0.1, 0.15) is 75.6 Å². The van der Waals surface area contributed by atoms with E-state index in [0.29, 0.717) is 31.1 Å². The number of carbonyl (C=O) groups is 3. The Morgan fingerprint density at radius 3 is 2.24 bits per heavy atom. The van der Waals surface area contributed by atoms with E-state index in [0.717, 1.165) is 69.9 Å². The monoisotopic (exact) mass is 637 g/mol. The molecule has 0 radical (unpaired) electrons. The Morgan fingerprint density at radius 1 is 0.957 bits per heavy atom. The zero-order valence-corrected chi connectivity index (χ0v) is 27.4. The molecule has 10 heteroatoms. The van der Waals surface area contributed by atoms with Gasteiger partial charge in [0, 0.05) is 76.7 Å². The number of piperidine rings is 2. The van der Waals surface area contributed by atoms with Gasteiger partial charge in [-0.05, 0) is 67.3 Å². The van der Waals surface area contributed by atoms with Crippen molar-refractivity contribution in [3.05, 3.63) is 70.8 Å². The van der Waals surface area contributed by atoms with Gasteiger partial charge in [-0.3, -0.25) is 19.3 Å². The molecular weight excluding hydrogens is 588 g/mol. The molecule has 3 amide bonds. The fourth-order valence-electron chi connectivity index (χ4n) is 7.49. The number of fused-ring (bicyclic) bond motifs is 1. The second-order valence-electron chi connectivity index (χ2n) is 13.6. The van der Waals surface area contributed by atoms with Gasteiger partial charge in [0.2, 0.25) is 17.7 Å². The second-order valence-corrected chi connectivity index (χ2v) is 13.6. The molecular formula is C36H49F2N5O3. The first-order valence-corrected chi connectivity index (χ1v) is 16.9. The number of likely N-dealkylation sites (tertiary alicyclic amines) is 2. The molecule has 0 unspecified atom stereocenters. The minimum Gasteiger partial charge on any atom is -0.344 e. The largest absolute Gasteiger partial charge is 0.344 e. The van der Waals surface area contributed by atoms with E-state index < -0.39 is 17.7 Å². The molecule has 2 saturated heterocycles. The number of nitrogens with zero attached hydrogens (tertiary/aromatic N) is 3. The van der Waals surface area contributed by atoms with Crippen LogP contribution in [0.15, 0.2) is 42.5 Å². The number of carbonyl (C=O) groups excluding carboxylic acids is 3. The molecule has 46 heavy (non-hydrogen) atoms. The Balaban J connectivity index is 1.26. The summed E-state index contributed by atoms with van der Waals surface area (Å²) in [6.07, 6.45) is 4.49. The number of halogens is 2. The fraction of sp³-hybridized carbons (Fsp3) is 0.583. The predicted octanol–water partition coefficient (Wildman–Crippen LogP) is 4.23. The average molecular weight is 638 g/mol. The molecule has 0 aromatic heterocycles. The van der Waals surface area contributed by atoms with E-state index in [1.165, 1.54) is 17.7 Å². The lowest BCUT2D eigenvalue weighted by molar-refractivity contribution is -0.138. The first kappa shape index (κ1) is 34.0. The summed E-state index contributed by atoms with van der Waals surface area (Å²) in [6.45, 7) is 10.4. The predicted molar refractivity (Wildman–Crippen MR) is 174 cm³/mol. The number of hydrogen-bond acceptors (Lipinski definition) is 5. The standard InChI is InChI=1S/C36H49F2N5O3/c1-24(2)23-43(29-11-16-41(17-12-29)25(3)44)30-13-18-42(19-14-30)36(46)34(20-27-8-9-28(37)21-32(27)38)40-35(45)22-33-31-7-5-4-6-26(31)10-15-39-33/h4-9,21,24,29-30,33-34,39H,10-20,22-23H2,1-3H3,(H,40,45)/t33-,34+/m0/s1. The van der Waals surface area contributed by atoms with E-state index >= 15 is 0 Å². The van der Waals surface area contributed by atoms with Crippen molar-refractivity contribution in [1.82, 2.24) is 25.3 Å². The Labute approximate surface area is 271 Å². The maximum absolute atomic E-state index is 14.8. The minimum atomic E-state index is -0.967. The lowest BCUT2D eigenvalue weighted by atomic mass is 9.92. The zero-order valence-electron chi connectivity index (χ0n) is 27.4. The summed E-state index contributed by atoms with van der Waals surface area (Å²) in [5.74, 6) is -1.32. The molecule has 2 aromatic carbocycles. The third-order valence-electron chi connectivity index (χ3n) is 9.88. The van der Waals surface area contributed by atoms with Gasteiger partial charge in [0.15, 0.2) is 0 Å². The SMILES string of the molecule is CC(=O)N1CCC(N(CC(C)C)C2CCN(C(=O)[C@@H](Cc3ccc(F)cc3F)NC(=O)C[C@@H]3NCCc4ccccc43)CC2)CC1. The molecule has 0 spiro atoms. The zero-order chi connectivity index (χ0) is 32.8. The van der Waals surface area contributed by atoms with Gasteiger partial charge in [-0.25, -0.2) is 8.78 Å². The Kier molecular flexibility index (Phi) is 11.4. The Bertz CT molecular complexity index is 1370. The molecule has 2 fully saturated rings. The van der Waals surface area contributed by atoms with Crippen molar-refractivity contribution in [2.45, 2.75) is 89.9 Å². The highest BCUT2D eigenvalue weighted by molar-refractivity contribution is 5.88. The molecule has 3 aliphatic heterocycles. The van der Waals surface area contributed by atoms with Crippen molar-refractivity contribution < 1.29 is 23.2 Å². The van der Waals surface area contributed by atoms with Gasteiger partial charge in [0.05, 0.1) is 0 Å². The quantitative estimate of drug-likeness (QED) is 0.408. The van der Waals surface area contributed by atoms with Crippen LogP contribution in [-0.2, 0) is 27.2 Å². The van der Waals surface area contributed by atoms with E-state index in [1.54, 1.807) is 11.8 Å². The highest BCUT2D eigenvalue weighted by atomic mass is 19.1. The maximum atomic E-state index is 14.8. The summed E-state index contributed by atoms with van der Waals surface area (Å²) in [4.78, 5) is 45.6. The number of amides is 3. The Hall–Kier alpha value is -3.37. The van der Waals surface area contributed by atoms with Crippen LogP contribution in [0.25, 0.3) is 0 Å². The summed E-state index contributed by atoms with van der Waals surface area (Å²) < 4.78 is 28.4. The van der Waals surface area contributed by atoms with Gasteiger partial charge in [-0.2, -0.15) is 0 Å². The van der Waals surface area contributed by atoms with Crippen molar-refractivity contribution >= 4 is 17.7 Å². The smallest absolute Gasteiger partial charge is 0.245 e. The third kappa shape index (κ3) is 8.50. The van der Waals surface area contributed by atoms with Gasteiger partial charge in [0.1, 0.15) is 17.7 Å². The van der Waals surface area contributed by atoms with Crippen LogP contribution in [0.4, 0.5) is 8.78 Å². The van der Waals surface area contributed by atoms with E-state index in [1.807, 2.05) is 23.1 Å². The van der Waals surface area contributed by atoms with Crippen LogP contribution >= 0.6 is 0 Å². The first-order valence-electron chi connectivity index (χ1n) is 16.9. The van der Waals surface area contributed by atoms with Gasteiger partial charge >= 0.3 is 0 Å². The molecule has 5 rings (SSSR count). The highest BCUT2D eigenvalue weighted by Gasteiger charge is 2.36. The van der Waals surface area contributed by atoms with E-state index in [2.05, 4.69) is 35.4 Å². The minimum absolute atomic E-state index is 0.0561. The first-order chi connectivity index (χ1) is 22.1. The molecule has 250 valence electrons. The molecule has 0 bridgehead atoms. The maximum Gasteiger partial charge on any atom is 0.245 e. The van der Waals surface area contributed by atoms with Crippen LogP contribution < -0.4 is 10.6 Å². The molecule has 3 heterocycles. The number of rotatable bonds is 10. The molecule has 8 nitrogen and oxygen atoms in total. The molecule has 0 saturated carbocycles. The summed E-state index contributed by atoms with van der Waals surface area (Å²) in [5.41, 5.74) is 2.48. The van der Waals surface area contributed by atoms with Crippen molar-refractivity contribution in [3.63, 3.8) is 0 Å². The lowest BCUT2D eigenvalue weighted by Gasteiger charge is -2.46. The third-order valence-corrected chi connectivity index (χ3v) is 9.88. The fourth-order valence-corrected chi connectivity index (χ4v) is 7.49. The molecule has 3 aliphatic rings. The average Bonchev–Trinajstić information content (AvgIpc) is 3.04. The van der Waals surface area contributed by atoms with Crippen molar-refractivity contribution in [1.29, 1.82) is 0 Å². The second kappa shape index (κ2) is 15.5. The topological polar surface area (TPSA) is 85.0 Å². The van der Waals surface area contributed by atoms with Gasteiger partial charge in [0.25, 0.3) is 0 Å². The normalized spacial score (nSPS) is 20.1. The molecule has 0 aliphatic carbocycles. The summed E-state index contributed by atoms with van der Waals surface area (Å²) in [5, 5.41) is 6.35. The van der Waals surface area contributed by atoms with Crippen LogP contribution in [0, 0.1) is 17.6 Å². The van der Waals surface area contributed by atoms with E-state index in [4.69, 9.17) is 0 Å². The molecule has 2 atom stereocenters. The van der Waals surface area contributed by atoms with Crippen LogP contribution in [0.3, 0.4) is 0 Å². The summed E-state index contributed by atoms with van der Waals surface area (Å²) in [6, 6.07) is 11.0. The highest BCUT2D eigenvalue weighted by Crippen LogP contribution is 2.28. The van der Waals surface area contributed by atoms with Gasteiger partial charge in [-0.1, -0.05) is 44.2 Å². The summed E-state index contributed by atoms with van der Waals surface area (Å²) in [7, 11) is 0. The van der Waals surface area contributed by atoms with Gasteiger partial charge in [-0.15, -0.1) is 0 Å². The van der Waals surface area contributed by atoms with Crippen molar-refractivity contribution in [3.8, 4) is 0 Å². The van der Waals surface area contributed by atoms with Crippen LogP contribution in [0.5, 0.6) is 0 Å². The van der Waals surface area contributed by atoms with Crippen LogP contribution in [-0.4, -0.2) is 89.8 Å². The van der Waals surface area contributed by atoms with Crippen LogP contribution in [0.2, 0.25) is 0 Å². The summed E-state index contributed by atoms with van der Waals surface area (Å²) >= 11 is 0. The van der Waals surface area contributed by atoms with Crippen molar-refractivity contribution in [2.75, 3.05) is 39.3 Å². The molecule has 2 aromatic rings. The lowest BCUT2D eigenvalue weighted by Crippen LogP contribution is -2.56. The van der Waals surface area contributed by atoms with Gasteiger partial charge < -0.3 is 20.4 Å². The number of hydrogen-bond donors (Lipinski definition) is 2. The van der Waals surface area contributed by atoms with E-state index in [9.17, 15) is 23.2 Å². The number of benzene rings is 2.